The van der Waals surface area contributed by atoms with Crippen molar-refractivity contribution >= 4 is 5.91 Å². The second kappa shape index (κ2) is 8.57. The first-order valence-electron chi connectivity index (χ1n) is 9.72. The molecule has 0 bridgehead atoms. The molecule has 1 fully saturated rings. The average molecular weight is 367 g/mol. The molecule has 2 aromatic rings. The van der Waals surface area contributed by atoms with Gasteiger partial charge < -0.3 is 10.1 Å². The molecule has 0 unspecified atom stereocenters. The van der Waals surface area contributed by atoms with Crippen molar-refractivity contribution < 1.29 is 9.53 Å². The van der Waals surface area contributed by atoms with Crippen molar-refractivity contribution in [2.75, 3.05) is 20.2 Å². The second-order valence-corrected chi connectivity index (χ2v) is 7.53. The third-order valence-electron chi connectivity index (χ3n) is 5.62. The fourth-order valence-corrected chi connectivity index (χ4v) is 3.81. The van der Waals surface area contributed by atoms with E-state index in [1.54, 1.807) is 7.11 Å². The van der Waals surface area contributed by atoms with Gasteiger partial charge in [-0.25, -0.2) is 0 Å². The Kier molecular flexibility index (Phi) is 6.17. The van der Waals surface area contributed by atoms with Crippen LogP contribution in [-0.4, -0.2) is 31.0 Å². The number of rotatable bonds is 6. The molecule has 1 aliphatic rings. The number of nitrogens with zero attached hydrogens (tertiary/aromatic N) is 1. The zero-order valence-electron chi connectivity index (χ0n) is 16.8. The monoisotopic (exact) mass is 366 g/mol. The van der Waals surface area contributed by atoms with Crippen LogP contribution >= 0.6 is 0 Å². The van der Waals surface area contributed by atoms with Crippen molar-refractivity contribution in [3.8, 4) is 5.75 Å². The van der Waals surface area contributed by atoms with E-state index < -0.39 is 0 Å². The summed E-state index contributed by atoms with van der Waals surface area (Å²) in [5.74, 6) is 0.949. The number of hydrogen-bond acceptors (Lipinski definition) is 3. The van der Waals surface area contributed by atoms with E-state index in [2.05, 4.69) is 54.4 Å². The van der Waals surface area contributed by atoms with E-state index in [9.17, 15) is 4.79 Å². The molecule has 2 aromatic carbocycles. The first-order valence-corrected chi connectivity index (χ1v) is 9.72. The normalized spacial score (nSPS) is 18.3. The summed E-state index contributed by atoms with van der Waals surface area (Å²) < 4.78 is 5.25. The van der Waals surface area contributed by atoms with Crippen LogP contribution in [0.3, 0.4) is 0 Å². The molecular formula is C23H30N2O2. The lowest BCUT2D eigenvalue weighted by molar-refractivity contribution is -0.123. The summed E-state index contributed by atoms with van der Waals surface area (Å²) >= 11 is 0. The molecular weight excluding hydrogens is 336 g/mol. The van der Waals surface area contributed by atoms with Crippen molar-refractivity contribution in [2.24, 2.45) is 0 Å². The number of carbonyl (C=O) groups excluding carboxylic acids is 1. The molecule has 1 heterocycles. The van der Waals surface area contributed by atoms with Gasteiger partial charge in [-0.3, -0.25) is 9.69 Å². The number of benzene rings is 2. The summed E-state index contributed by atoms with van der Waals surface area (Å²) in [5.41, 5.74) is 4.94. The van der Waals surface area contributed by atoms with Crippen LogP contribution in [0.4, 0.5) is 0 Å². The Morgan fingerprint density at radius 1 is 1.19 bits per heavy atom. The number of ether oxygens (including phenoxy) is 1. The van der Waals surface area contributed by atoms with Gasteiger partial charge in [0, 0.05) is 6.04 Å². The molecule has 27 heavy (non-hydrogen) atoms. The lowest BCUT2D eigenvalue weighted by Crippen LogP contribution is -2.38. The van der Waals surface area contributed by atoms with Crippen molar-refractivity contribution in [3.05, 3.63) is 64.7 Å². The van der Waals surface area contributed by atoms with E-state index in [1.807, 2.05) is 19.1 Å². The Bertz CT molecular complexity index is 785. The molecule has 2 atom stereocenters. The molecule has 0 saturated carbocycles. The van der Waals surface area contributed by atoms with E-state index >= 15 is 0 Å². The van der Waals surface area contributed by atoms with Crippen molar-refractivity contribution in [1.82, 2.24) is 10.2 Å². The molecule has 4 nitrogen and oxygen atoms in total. The minimum absolute atomic E-state index is 0.0128. The number of aryl methyl sites for hydroxylation is 2. The van der Waals surface area contributed by atoms with Crippen LogP contribution in [0.1, 0.15) is 54.1 Å². The highest BCUT2D eigenvalue weighted by atomic mass is 16.5. The number of nitrogens with one attached hydrogen (secondary N) is 1. The topological polar surface area (TPSA) is 41.6 Å². The minimum atomic E-state index is 0.0128. The zero-order chi connectivity index (χ0) is 19.4. The second-order valence-electron chi connectivity index (χ2n) is 7.53. The van der Waals surface area contributed by atoms with E-state index in [-0.39, 0.29) is 11.9 Å². The molecule has 0 spiro atoms. The number of hydrogen-bond donors (Lipinski definition) is 1. The molecule has 0 aromatic heterocycles. The molecule has 1 aliphatic heterocycles. The standard InChI is InChI=1S/C23H30N2O2/c1-16-7-8-20(14-17(16)2)18(3)24-23(26)15-25-13-5-6-22(25)19-9-11-21(27-4)12-10-19/h7-12,14,18,22H,5-6,13,15H2,1-4H3,(H,24,26)/t18-,22+/m0/s1. The van der Waals surface area contributed by atoms with Gasteiger partial charge in [-0.15, -0.1) is 0 Å². The van der Waals surface area contributed by atoms with E-state index in [1.165, 1.54) is 16.7 Å². The van der Waals surface area contributed by atoms with Crippen LogP contribution in [0, 0.1) is 13.8 Å². The van der Waals surface area contributed by atoms with Crippen LogP contribution in [0.25, 0.3) is 0 Å². The summed E-state index contributed by atoms with van der Waals surface area (Å²) in [6, 6.07) is 14.9. The smallest absolute Gasteiger partial charge is 0.234 e. The van der Waals surface area contributed by atoms with Crippen LogP contribution < -0.4 is 10.1 Å². The van der Waals surface area contributed by atoms with Crippen LogP contribution in [-0.2, 0) is 4.79 Å². The first-order chi connectivity index (χ1) is 13.0. The molecule has 1 N–H and O–H groups in total. The van der Waals surface area contributed by atoms with E-state index in [0.717, 1.165) is 30.7 Å². The maximum absolute atomic E-state index is 12.6. The quantitative estimate of drug-likeness (QED) is 0.827. The summed E-state index contributed by atoms with van der Waals surface area (Å²) in [6.45, 7) is 7.66. The molecule has 1 saturated heterocycles. The molecule has 1 amide bonds. The van der Waals surface area contributed by atoms with Gasteiger partial charge in [-0.05, 0) is 74.5 Å². The fraction of sp³-hybridized carbons (Fsp3) is 0.435. The molecule has 4 heteroatoms. The van der Waals surface area contributed by atoms with Gasteiger partial charge in [0.05, 0.1) is 19.7 Å². The van der Waals surface area contributed by atoms with Gasteiger partial charge in [0.2, 0.25) is 5.91 Å². The highest BCUT2D eigenvalue weighted by molar-refractivity contribution is 5.78. The zero-order valence-corrected chi connectivity index (χ0v) is 16.8. The molecule has 144 valence electrons. The Hall–Kier alpha value is -2.33. The van der Waals surface area contributed by atoms with Crippen molar-refractivity contribution in [1.29, 1.82) is 0 Å². The predicted molar refractivity (Wildman–Crippen MR) is 109 cm³/mol. The van der Waals surface area contributed by atoms with Gasteiger partial charge >= 0.3 is 0 Å². The molecule has 0 radical (unpaired) electrons. The van der Waals surface area contributed by atoms with Gasteiger partial charge in [-0.2, -0.15) is 0 Å². The number of carbonyl (C=O) groups is 1. The van der Waals surface area contributed by atoms with Gasteiger partial charge in [-0.1, -0.05) is 30.3 Å². The number of likely N-dealkylation sites (tertiary alicyclic amines) is 1. The van der Waals surface area contributed by atoms with Gasteiger partial charge in [0.25, 0.3) is 0 Å². The highest BCUT2D eigenvalue weighted by Crippen LogP contribution is 2.32. The SMILES string of the molecule is COc1ccc([C@H]2CCCN2CC(=O)N[C@@H](C)c2ccc(C)c(C)c2)cc1. The third kappa shape index (κ3) is 4.69. The van der Waals surface area contributed by atoms with Gasteiger partial charge in [0.15, 0.2) is 0 Å². The Balaban J connectivity index is 1.61. The lowest BCUT2D eigenvalue weighted by Gasteiger charge is -2.25. The van der Waals surface area contributed by atoms with Crippen LogP contribution in [0.2, 0.25) is 0 Å². The largest absolute Gasteiger partial charge is 0.497 e. The summed E-state index contributed by atoms with van der Waals surface area (Å²) in [6.07, 6.45) is 2.21. The summed E-state index contributed by atoms with van der Waals surface area (Å²) in [7, 11) is 1.68. The van der Waals surface area contributed by atoms with Crippen LogP contribution in [0.5, 0.6) is 5.75 Å². The Labute approximate surface area is 162 Å². The molecule has 0 aliphatic carbocycles. The molecule has 3 rings (SSSR count). The van der Waals surface area contributed by atoms with E-state index in [4.69, 9.17) is 4.74 Å². The Morgan fingerprint density at radius 2 is 1.93 bits per heavy atom. The van der Waals surface area contributed by atoms with E-state index in [0.29, 0.717) is 12.6 Å². The summed E-state index contributed by atoms with van der Waals surface area (Å²) in [4.78, 5) is 14.9. The fourth-order valence-electron chi connectivity index (χ4n) is 3.81. The predicted octanol–water partition coefficient (Wildman–Crippen LogP) is 4.33. The summed E-state index contributed by atoms with van der Waals surface area (Å²) in [5, 5.41) is 3.16. The average Bonchev–Trinajstić information content (AvgIpc) is 3.11. The lowest BCUT2D eigenvalue weighted by atomic mass is 10.0. The van der Waals surface area contributed by atoms with Crippen LogP contribution in [0.15, 0.2) is 42.5 Å². The number of methoxy groups -OCH3 is 1. The highest BCUT2D eigenvalue weighted by Gasteiger charge is 2.27. The minimum Gasteiger partial charge on any atom is -0.497 e. The first kappa shape index (κ1) is 19.4. The van der Waals surface area contributed by atoms with Crippen molar-refractivity contribution in [3.63, 3.8) is 0 Å². The Morgan fingerprint density at radius 3 is 2.59 bits per heavy atom. The maximum Gasteiger partial charge on any atom is 0.234 e. The third-order valence-corrected chi connectivity index (χ3v) is 5.62. The maximum atomic E-state index is 12.6. The van der Waals surface area contributed by atoms with Crippen molar-refractivity contribution in [2.45, 2.75) is 45.7 Å². The van der Waals surface area contributed by atoms with Gasteiger partial charge in [0.1, 0.15) is 5.75 Å². The number of amides is 1.